The number of rotatable bonds is 1. The summed E-state index contributed by atoms with van der Waals surface area (Å²) in [6, 6.07) is 4.60. The van der Waals surface area contributed by atoms with E-state index in [1.165, 1.54) is 6.07 Å². The average Bonchev–Trinajstić information content (AvgIpc) is 2.59. The number of fused-ring (bicyclic) bond motifs is 1. The van der Waals surface area contributed by atoms with Crippen LogP contribution in [0.5, 0.6) is 0 Å². The lowest BCUT2D eigenvalue weighted by Crippen LogP contribution is -2.24. The van der Waals surface area contributed by atoms with Crippen LogP contribution < -0.4 is 5.73 Å². The van der Waals surface area contributed by atoms with Crippen LogP contribution in [0.15, 0.2) is 23.1 Å². The number of halogens is 3. The smallest absolute Gasteiger partial charge is 0.366 e. The topological polar surface area (TPSA) is 43.1 Å². The molecule has 0 spiro atoms. The van der Waals surface area contributed by atoms with Crippen molar-refractivity contribution in [2.45, 2.75) is 22.7 Å². The molecule has 1 unspecified atom stereocenters. The van der Waals surface area contributed by atoms with Gasteiger partial charge < -0.3 is 5.73 Å². The second-order valence-electron chi connectivity index (χ2n) is 3.51. The Hall–Kier alpha value is -1.17. The highest BCUT2D eigenvalue weighted by Crippen LogP contribution is 2.45. The van der Waals surface area contributed by atoms with Crippen molar-refractivity contribution in [3.05, 3.63) is 29.3 Å². The summed E-state index contributed by atoms with van der Waals surface area (Å²) in [5.74, 6) is -0.688. The zero-order valence-corrected chi connectivity index (χ0v) is 8.86. The fourth-order valence-corrected chi connectivity index (χ4v) is 2.92. The third-order valence-corrected chi connectivity index (χ3v) is 3.83. The SMILES string of the molecule is NC(=O)c1cccc2c1SC(C(F)(F)F)C2. The van der Waals surface area contributed by atoms with Gasteiger partial charge >= 0.3 is 6.18 Å². The Morgan fingerprint density at radius 1 is 1.44 bits per heavy atom. The molecule has 1 amide bonds. The number of nitrogens with two attached hydrogens (primary N) is 1. The predicted molar refractivity (Wildman–Crippen MR) is 54.4 cm³/mol. The third kappa shape index (κ3) is 1.89. The van der Waals surface area contributed by atoms with E-state index in [4.69, 9.17) is 5.73 Å². The first-order chi connectivity index (χ1) is 7.39. The number of primary amides is 1. The molecule has 0 aromatic heterocycles. The molecule has 1 aliphatic rings. The number of alkyl halides is 3. The summed E-state index contributed by atoms with van der Waals surface area (Å²) in [6.45, 7) is 0. The molecular weight excluding hydrogens is 239 g/mol. The van der Waals surface area contributed by atoms with Crippen molar-refractivity contribution >= 4 is 17.7 Å². The molecule has 0 saturated carbocycles. The molecule has 1 heterocycles. The van der Waals surface area contributed by atoms with Crippen molar-refractivity contribution in [2.75, 3.05) is 0 Å². The zero-order chi connectivity index (χ0) is 11.9. The molecule has 86 valence electrons. The minimum Gasteiger partial charge on any atom is -0.366 e. The summed E-state index contributed by atoms with van der Waals surface area (Å²) in [5.41, 5.74) is 5.83. The lowest BCUT2D eigenvalue weighted by Gasteiger charge is -2.12. The van der Waals surface area contributed by atoms with Crippen LogP contribution >= 0.6 is 11.8 Å². The molecule has 0 aliphatic carbocycles. The van der Waals surface area contributed by atoms with Crippen molar-refractivity contribution in [2.24, 2.45) is 5.73 Å². The minimum atomic E-state index is -4.25. The molecule has 1 atom stereocenters. The zero-order valence-electron chi connectivity index (χ0n) is 8.04. The van der Waals surface area contributed by atoms with E-state index < -0.39 is 17.3 Å². The third-order valence-electron chi connectivity index (χ3n) is 2.39. The first-order valence-electron chi connectivity index (χ1n) is 4.54. The van der Waals surface area contributed by atoms with E-state index in [1.54, 1.807) is 12.1 Å². The Balaban J connectivity index is 2.38. The van der Waals surface area contributed by atoms with Crippen LogP contribution in [0.25, 0.3) is 0 Å². The molecule has 0 radical (unpaired) electrons. The lowest BCUT2D eigenvalue weighted by atomic mass is 10.1. The van der Waals surface area contributed by atoms with Crippen molar-refractivity contribution in [1.29, 1.82) is 0 Å². The van der Waals surface area contributed by atoms with E-state index in [1.807, 2.05) is 0 Å². The normalized spacial score (nSPS) is 19.6. The van der Waals surface area contributed by atoms with Crippen molar-refractivity contribution in [3.63, 3.8) is 0 Å². The largest absolute Gasteiger partial charge is 0.401 e. The van der Waals surface area contributed by atoms with Crippen molar-refractivity contribution in [3.8, 4) is 0 Å². The van der Waals surface area contributed by atoms with E-state index in [-0.39, 0.29) is 12.0 Å². The number of thioether (sulfide) groups is 1. The Morgan fingerprint density at radius 3 is 2.69 bits per heavy atom. The maximum Gasteiger partial charge on any atom is 0.401 e. The molecule has 0 fully saturated rings. The van der Waals surface area contributed by atoms with E-state index in [2.05, 4.69) is 0 Å². The van der Waals surface area contributed by atoms with Gasteiger partial charge in [0.05, 0.1) is 5.56 Å². The maximum absolute atomic E-state index is 12.5. The number of hydrogen-bond acceptors (Lipinski definition) is 2. The maximum atomic E-state index is 12.5. The van der Waals surface area contributed by atoms with Gasteiger partial charge in [0.25, 0.3) is 0 Å². The molecule has 0 bridgehead atoms. The lowest BCUT2D eigenvalue weighted by molar-refractivity contribution is -0.127. The van der Waals surface area contributed by atoms with Crippen LogP contribution in [0.1, 0.15) is 15.9 Å². The molecule has 2 nitrogen and oxygen atoms in total. The number of benzene rings is 1. The fourth-order valence-electron chi connectivity index (χ4n) is 1.64. The van der Waals surface area contributed by atoms with Gasteiger partial charge in [0.15, 0.2) is 0 Å². The monoisotopic (exact) mass is 247 g/mol. The highest BCUT2D eigenvalue weighted by molar-refractivity contribution is 8.00. The second-order valence-corrected chi connectivity index (χ2v) is 4.72. The predicted octanol–water partition coefficient (Wildman–Crippen LogP) is 2.36. The number of hydrogen-bond donors (Lipinski definition) is 1. The summed E-state index contributed by atoms with van der Waals surface area (Å²) < 4.78 is 37.6. The van der Waals surface area contributed by atoms with Crippen LogP contribution in [-0.4, -0.2) is 17.3 Å². The summed E-state index contributed by atoms with van der Waals surface area (Å²) in [5, 5.41) is -1.47. The molecule has 2 rings (SSSR count). The first-order valence-corrected chi connectivity index (χ1v) is 5.42. The van der Waals surface area contributed by atoms with Gasteiger partial charge in [0.1, 0.15) is 5.25 Å². The molecule has 1 aromatic rings. The Kier molecular flexibility index (Phi) is 2.61. The van der Waals surface area contributed by atoms with Gasteiger partial charge in [-0.1, -0.05) is 12.1 Å². The Morgan fingerprint density at radius 2 is 2.12 bits per heavy atom. The Labute approximate surface area is 94.0 Å². The average molecular weight is 247 g/mol. The highest BCUT2D eigenvalue weighted by Gasteiger charge is 2.44. The standard InChI is InChI=1S/C10H8F3NOS/c11-10(12,13)7-4-5-2-1-3-6(9(14)15)8(5)16-7/h1-3,7H,4H2,(H2,14,15). The number of carbonyl (C=O) groups is 1. The summed E-state index contributed by atoms with van der Waals surface area (Å²) >= 11 is 0.672. The Bertz CT molecular complexity index is 444. The quantitative estimate of drug-likeness (QED) is 0.827. The first kappa shape index (κ1) is 11.3. The van der Waals surface area contributed by atoms with E-state index in [0.717, 1.165) is 0 Å². The summed E-state index contributed by atoms with van der Waals surface area (Å²) in [6.07, 6.45) is -4.34. The second kappa shape index (κ2) is 3.69. The highest BCUT2D eigenvalue weighted by atomic mass is 32.2. The van der Waals surface area contributed by atoms with E-state index in [9.17, 15) is 18.0 Å². The van der Waals surface area contributed by atoms with Gasteiger partial charge in [-0.2, -0.15) is 13.2 Å². The molecule has 1 aromatic carbocycles. The van der Waals surface area contributed by atoms with Gasteiger partial charge in [0.2, 0.25) is 5.91 Å². The van der Waals surface area contributed by atoms with Crippen molar-refractivity contribution < 1.29 is 18.0 Å². The van der Waals surface area contributed by atoms with Crippen LogP contribution in [-0.2, 0) is 6.42 Å². The number of amides is 1. The van der Waals surface area contributed by atoms with Gasteiger partial charge in [-0.25, -0.2) is 0 Å². The van der Waals surface area contributed by atoms with Gasteiger partial charge in [-0.3, -0.25) is 4.79 Å². The van der Waals surface area contributed by atoms with Crippen LogP contribution in [0, 0.1) is 0 Å². The van der Waals surface area contributed by atoms with Gasteiger partial charge in [-0.15, -0.1) is 11.8 Å². The molecule has 1 aliphatic heterocycles. The van der Waals surface area contributed by atoms with Crippen LogP contribution in [0.3, 0.4) is 0 Å². The van der Waals surface area contributed by atoms with Crippen LogP contribution in [0.2, 0.25) is 0 Å². The molecule has 2 N–H and O–H groups in total. The van der Waals surface area contributed by atoms with Crippen molar-refractivity contribution in [1.82, 2.24) is 0 Å². The van der Waals surface area contributed by atoms with Crippen LogP contribution in [0.4, 0.5) is 13.2 Å². The molecule has 0 saturated heterocycles. The molecule has 6 heteroatoms. The van der Waals surface area contributed by atoms with Gasteiger partial charge in [-0.05, 0) is 18.1 Å². The van der Waals surface area contributed by atoms with Gasteiger partial charge in [0, 0.05) is 4.90 Å². The van der Waals surface area contributed by atoms with E-state index >= 15 is 0 Å². The van der Waals surface area contributed by atoms with E-state index in [0.29, 0.717) is 22.2 Å². The summed E-state index contributed by atoms with van der Waals surface area (Å²) in [7, 11) is 0. The summed E-state index contributed by atoms with van der Waals surface area (Å²) in [4.78, 5) is 11.4. The molecule has 16 heavy (non-hydrogen) atoms. The number of carbonyl (C=O) groups excluding carboxylic acids is 1. The minimum absolute atomic E-state index is 0.0926. The fraction of sp³-hybridized carbons (Fsp3) is 0.300. The molecular formula is C10H8F3NOS.